The molecule has 2 aromatic heterocycles. The number of fused-ring (bicyclic) bond motifs is 3. The molecule has 11 aromatic rings. The standard InChI is InChI=1S/C57H38N4/c1-4-13-39(14-5-1)41-23-25-43(26-24-41)44-31-34-50(35-32-44)61-53-22-11-10-21-51(53)52-36-33-48(38-54(52)61)47-19-12-20-49(37-47)57-59-55(45-17-8-3-9-18-45)58-56(60-57)46-29-27-42(28-30-46)40-15-6-2-7-16-40/h1-38H. The van der Waals surface area contributed by atoms with E-state index in [-0.39, 0.29) is 0 Å². The quantitative estimate of drug-likeness (QED) is 0.154. The van der Waals surface area contributed by atoms with Gasteiger partial charge in [-0.1, -0.05) is 200 Å². The molecule has 0 amide bonds. The Bertz CT molecular complexity index is 3300. The Balaban J connectivity index is 0.962. The normalized spacial score (nSPS) is 11.3. The van der Waals surface area contributed by atoms with Crippen molar-refractivity contribution in [1.82, 2.24) is 19.5 Å². The molecule has 286 valence electrons. The molecular weight excluding hydrogens is 741 g/mol. The van der Waals surface area contributed by atoms with E-state index < -0.39 is 0 Å². The number of benzene rings is 9. The average molecular weight is 779 g/mol. The highest BCUT2D eigenvalue weighted by Crippen LogP contribution is 2.37. The second kappa shape index (κ2) is 15.5. The summed E-state index contributed by atoms with van der Waals surface area (Å²) in [7, 11) is 0. The Morgan fingerprint density at radius 2 is 0.590 bits per heavy atom. The summed E-state index contributed by atoms with van der Waals surface area (Å²) in [5.74, 6) is 1.90. The van der Waals surface area contributed by atoms with Crippen molar-refractivity contribution in [3.05, 3.63) is 231 Å². The molecule has 61 heavy (non-hydrogen) atoms. The lowest BCUT2D eigenvalue weighted by molar-refractivity contribution is 1.07. The van der Waals surface area contributed by atoms with Crippen LogP contribution in [0.5, 0.6) is 0 Å². The molecule has 0 bridgehead atoms. The van der Waals surface area contributed by atoms with E-state index in [0.717, 1.165) is 44.6 Å². The molecule has 0 atom stereocenters. The summed E-state index contributed by atoms with van der Waals surface area (Å²) in [6, 6.07) is 81.3. The highest BCUT2D eigenvalue weighted by Gasteiger charge is 2.16. The van der Waals surface area contributed by atoms with Gasteiger partial charge in [0.2, 0.25) is 0 Å². The van der Waals surface area contributed by atoms with Crippen LogP contribution in [0.4, 0.5) is 0 Å². The van der Waals surface area contributed by atoms with Gasteiger partial charge >= 0.3 is 0 Å². The van der Waals surface area contributed by atoms with E-state index in [1.165, 1.54) is 44.1 Å². The third-order valence-corrected chi connectivity index (χ3v) is 11.5. The minimum atomic E-state index is 0.628. The Labute approximate surface area is 354 Å². The molecule has 0 saturated carbocycles. The zero-order chi connectivity index (χ0) is 40.5. The minimum absolute atomic E-state index is 0.628. The number of hydrogen-bond acceptors (Lipinski definition) is 3. The van der Waals surface area contributed by atoms with Gasteiger partial charge < -0.3 is 4.57 Å². The molecule has 0 fully saturated rings. The van der Waals surface area contributed by atoms with Crippen LogP contribution in [0, 0.1) is 0 Å². The summed E-state index contributed by atoms with van der Waals surface area (Å²) in [5.41, 5.74) is 15.6. The van der Waals surface area contributed by atoms with Gasteiger partial charge in [0, 0.05) is 33.2 Å². The van der Waals surface area contributed by atoms with Crippen LogP contribution in [0.25, 0.3) is 106 Å². The maximum atomic E-state index is 5.09. The number of hydrogen-bond donors (Lipinski definition) is 0. The van der Waals surface area contributed by atoms with Crippen molar-refractivity contribution in [1.29, 1.82) is 0 Å². The summed E-state index contributed by atoms with van der Waals surface area (Å²) in [6.45, 7) is 0. The van der Waals surface area contributed by atoms with Gasteiger partial charge in [-0.25, -0.2) is 15.0 Å². The monoisotopic (exact) mass is 778 g/mol. The van der Waals surface area contributed by atoms with Crippen molar-refractivity contribution in [2.45, 2.75) is 0 Å². The lowest BCUT2D eigenvalue weighted by Crippen LogP contribution is -2.00. The van der Waals surface area contributed by atoms with E-state index in [9.17, 15) is 0 Å². The van der Waals surface area contributed by atoms with E-state index in [1.807, 2.05) is 36.4 Å². The van der Waals surface area contributed by atoms with Crippen LogP contribution >= 0.6 is 0 Å². The topological polar surface area (TPSA) is 43.6 Å². The molecule has 0 aliphatic carbocycles. The lowest BCUT2D eigenvalue weighted by atomic mass is 10.00. The molecule has 0 spiro atoms. The smallest absolute Gasteiger partial charge is 0.164 e. The van der Waals surface area contributed by atoms with Gasteiger partial charge in [0.05, 0.1) is 11.0 Å². The Hall–Kier alpha value is -8.21. The largest absolute Gasteiger partial charge is 0.309 e. The molecule has 2 heterocycles. The van der Waals surface area contributed by atoms with Gasteiger partial charge in [-0.3, -0.25) is 0 Å². The predicted molar refractivity (Wildman–Crippen MR) is 252 cm³/mol. The first-order chi connectivity index (χ1) is 30.2. The zero-order valence-electron chi connectivity index (χ0n) is 33.2. The Morgan fingerprint density at radius 1 is 0.230 bits per heavy atom. The van der Waals surface area contributed by atoms with Crippen molar-refractivity contribution in [2.75, 3.05) is 0 Å². The van der Waals surface area contributed by atoms with E-state index in [2.05, 4.69) is 199 Å². The van der Waals surface area contributed by atoms with Crippen molar-refractivity contribution >= 4 is 21.8 Å². The first-order valence-electron chi connectivity index (χ1n) is 20.6. The Morgan fingerprint density at radius 3 is 1.16 bits per heavy atom. The lowest BCUT2D eigenvalue weighted by Gasteiger charge is -2.12. The second-order valence-corrected chi connectivity index (χ2v) is 15.3. The number of aromatic nitrogens is 4. The zero-order valence-corrected chi connectivity index (χ0v) is 33.2. The molecule has 4 heteroatoms. The summed E-state index contributed by atoms with van der Waals surface area (Å²) >= 11 is 0. The van der Waals surface area contributed by atoms with Gasteiger partial charge in [-0.05, 0) is 74.8 Å². The highest BCUT2D eigenvalue weighted by atomic mass is 15.0. The van der Waals surface area contributed by atoms with E-state index in [4.69, 9.17) is 15.0 Å². The third kappa shape index (κ3) is 6.96. The van der Waals surface area contributed by atoms with Crippen molar-refractivity contribution in [3.8, 4) is 84.4 Å². The summed E-state index contributed by atoms with van der Waals surface area (Å²) in [6.07, 6.45) is 0. The molecule has 11 rings (SSSR count). The van der Waals surface area contributed by atoms with Crippen LogP contribution in [0.3, 0.4) is 0 Å². The van der Waals surface area contributed by atoms with Crippen LogP contribution in [0.2, 0.25) is 0 Å². The van der Waals surface area contributed by atoms with Gasteiger partial charge in [0.15, 0.2) is 17.5 Å². The summed E-state index contributed by atoms with van der Waals surface area (Å²) in [5, 5.41) is 2.44. The molecule has 0 N–H and O–H groups in total. The molecule has 0 radical (unpaired) electrons. The van der Waals surface area contributed by atoms with Crippen LogP contribution in [-0.2, 0) is 0 Å². The van der Waals surface area contributed by atoms with Crippen LogP contribution in [0.15, 0.2) is 231 Å². The molecule has 9 aromatic carbocycles. The van der Waals surface area contributed by atoms with E-state index >= 15 is 0 Å². The van der Waals surface area contributed by atoms with Crippen LogP contribution in [0.1, 0.15) is 0 Å². The molecule has 0 saturated heterocycles. The summed E-state index contributed by atoms with van der Waals surface area (Å²) < 4.78 is 2.38. The predicted octanol–water partition coefficient (Wildman–Crippen LogP) is 14.6. The summed E-state index contributed by atoms with van der Waals surface area (Å²) in [4.78, 5) is 15.1. The first kappa shape index (κ1) is 35.9. The molecule has 0 unspecified atom stereocenters. The second-order valence-electron chi connectivity index (χ2n) is 15.3. The number of nitrogens with zero attached hydrogens (tertiary/aromatic N) is 4. The average Bonchev–Trinajstić information content (AvgIpc) is 3.68. The fraction of sp³-hybridized carbons (Fsp3) is 0. The maximum Gasteiger partial charge on any atom is 0.164 e. The fourth-order valence-electron chi connectivity index (χ4n) is 8.35. The third-order valence-electron chi connectivity index (χ3n) is 11.5. The molecule has 4 nitrogen and oxygen atoms in total. The molecule has 0 aliphatic rings. The highest BCUT2D eigenvalue weighted by molar-refractivity contribution is 6.10. The molecule has 0 aliphatic heterocycles. The van der Waals surface area contributed by atoms with Crippen molar-refractivity contribution in [3.63, 3.8) is 0 Å². The van der Waals surface area contributed by atoms with E-state index in [0.29, 0.717) is 17.5 Å². The van der Waals surface area contributed by atoms with Gasteiger partial charge in [-0.15, -0.1) is 0 Å². The number of rotatable bonds is 8. The molecular formula is C57H38N4. The van der Waals surface area contributed by atoms with Gasteiger partial charge in [-0.2, -0.15) is 0 Å². The van der Waals surface area contributed by atoms with Crippen molar-refractivity contribution in [2.24, 2.45) is 0 Å². The van der Waals surface area contributed by atoms with Gasteiger partial charge in [0.1, 0.15) is 0 Å². The fourth-order valence-corrected chi connectivity index (χ4v) is 8.35. The van der Waals surface area contributed by atoms with Gasteiger partial charge in [0.25, 0.3) is 0 Å². The van der Waals surface area contributed by atoms with E-state index in [1.54, 1.807) is 0 Å². The van der Waals surface area contributed by atoms with Crippen molar-refractivity contribution < 1.29 is 0 Å². The maximum absolute atomic E-state index is 5.09. The van der Waals surface area contributed by atoms with Crippen LogP contribution in [-0.4, -0.2) is 19.5 Å². The number of para-hydroxylation sites is 1. The Kier molecular flexibility index (Phi) is 9.14. The minimum Gasteiger partial charge on any atom is -0.309 e. The van der Waals surface area contributed by atoms with Crippen LogP contribution < -0.4 is 0 Å². The first-order valence-corrected chi connectivity index (χ1v) is 20.6. The SMILES string of the molecule is c1ccc(-c2ccc(-c3ccc(-n4c5ccccc5c5ccc(-c6cccc(-c7nc(-c8ccccc8)nc(-c8ccc(-c9ccccc9)cc8)n7)c6)cc54)cc3)cc2)cc1.